The lowest BCUT2D eigenvalue weighted by atomic mass is 10.0. The van der Waals surface area contributed by atoms with Crippen LogP contribution in [-0.2, 0) is 14.3 Å². The van der Waals surface area contributed by atoms with Gasteiger partial charge < -0.3 is 29.0 Å². The number of nitrogens with zero attached hydrogens (tertiary/aromatic N) is 2. The second-order valence-corrected chi connectivity index (χ2v) is 8.15. The number of carbonyl (C=O) groups is 3. The maximum atomic E-state index is 13.4. The van der Waals surface area contributed by atoms with Gasteiger partial charge in [0.1, 0.15) is 13.2 Å². The molecule has 2 aliphatic heterocycles. The Labute approximate surface area is 199 Å². The first-order valence-corrected chi connectivity index (χ1v) is 11.3. The average Bonchev–Trinajstić information content (AvgIpc) is 2.93. The van der Waals surface area contributed by atoms with Crippen molar-refractivity contribution in [3.05, 3.63) is 30.4 Å². The van der Waals surface area contributed by atoms with Gasteiger partial charge in [0.25, 0.3) is 5.91 Å². The van der Waals surface area contributed by atoms with Crippen LogP contribution in [-0.4, -0.2) is 80.6 Å². The van der Waals surface area contributed by atoms with Gasteiger partial charge in [0.05, 0.1) is 31.0 Å². The molecule has 0 aliphatic carbocycles. The molecule has 2 heterocycles. The van der Waals surface area contributed by atoms with Gasteiger partial charge in [-0.25, -0.2) is 9.69 Å². The molecule has 2 amide bonds. The highest BCUT2D eigenvalue weighted by Crippen LogP contribution is 2.41. The normalized spacial score (nSPS) is 19.6. The number of rotatable bonds is 10. The number of anilines is 1. The number of benzene rings is 1. The van der Waals surface area contributed by atoms with E-state index in [4.69, 9.17) is 18.9 Å². The number of ketones is 1. The number of hydrogen-bond acceptors (Lipinski definition) is 8. The molecule has 0 spiro atoms. The topological polar surface area (TPSA) is 115 Å². The summed E-state index contributed by atoms with van der Waals surface area (Å²) >= 11 is 0. The van der Waals surface area contributed by atoms with Crippen LogP contribution in [0.3, 0.4) is 0 Å². The van der Waals surface area contributed by atoms with Crippen molar-refractivity contribution < 1.29 is 38.4 Å². The molecular weight excluding hydrogens is 444 g/mol. The minimum atomic E-state index is -1.30. The SMILES string of the molecule is C=CCOC(=O)N1c2cc(OCCCC(=O)COC)c(OC)cc2C(=O)N2CCCC[C@H]2C1O. The van der Waals surface area contributed by atoms with Crippen LogP contribution >= 0.6 is 0 Å². The van der Waals surface area contributed by atoms with Gasteiger partial charge >= 0.3 is 6.09 Å². The lowest BCUT2D eigenvalue weighted by Gasteiger charge is -2.38. The summed E-state index contributed by atoms with van der Waals surface area (Å²) in [5, 5.41) is 11.2. The van der Waals surface area contributed by atoms with Crippen LogP contribution in [0.1, 0.15) is 42.5 Å². The van der Waals surface area contributed by atoms with Gasteiger partial charge in [-0.05, 0) is 31.7 Å². The van der Waals surface area contributed by atoms with Gasteiger partial charge in [-0.1, -0.05) is 12.7 Å². The molecule has 3 rings (SSSR count). The zero-order chi connectivity index (χ0) is 24.7. The zero-order valence-corrected chi connectivity index (χ0v) is 19.7. The number of fused-ring (bicyclic) bond motifs is 2. The molecule has 0 saturated carbocycles. The summed E-state index contributed by atoms with van der Waals surface area (Å²) in [6.45, 7) is 4.23. The fourth-order valence-corrected chi connectivity index (χ4v) is 4.27. The Bertz CT molecular complexity index is 918. The van der Waals surface area contributed by atoms with E-state index < -0.39 is 18.4 Å². The molecule has 1 saturated heterocycles. The lowest BCUT2D eigenvalue weighted by Crippen LogP contribution is -2.55. The van der Waals surface area contributed by atoms with Crippen LogP contribution in [0, 0.1) is 0 Å². The molecule has 2 atom stereocenters. The molecule has 186 valence electrons. The van der Waals surface area contributed by atoms with Crippen molar-refractivity contribution in [2.24, 2.45) is 0 Å². The predicted octanol–water partition coefficient (Wildman–Crippen LogP) is 2.53. The Morgan fingerprint density at radius 1 is 1.24 bits per heavy atom. The van der Waals surface area contributed by atoms with Gasteiger partial charge in [0, 0.05) is 26.1 Å². The third-order valence-corrected chi connectivity index (χ3v) is 5.87. The van der Waals surface area contributed by atoms with E-state index in [0.29, 0.717) is 25.1 Å². The van der Waals surface area contributed by atoms with Gasteiger partial charge in [0.15, 0.2) is 23.5 Å². The highest BCUT2D eigenvalue weighted by Gasteiger charge is 2.44. The second kappa shape index (κ2) is 11.8. The van der Waals surface area contributed by atoms with Crippen LogP contribution < -0.4 is 14.4 Å². The first-order chi connectivity index (χ1) is 16.4. The summed E-state index contributed by atoms with van der Waals surface area (Å²) < 4.78 is 21.3. The number of aliphatic hydroxyl groups excluding tert-OH is 1. The van der Waals surface area contributed by atoms with Crippen molar-refractivity contribution in [3.63, 3.8) is 0 Å². The Hall–Kier alpha value is -3.11. The Morgan fingerprint density at radius 2 is 2.03 bits per heavy atom. The molecule has 1 aromatic rings. The number of Topliss-reactive ketones (excluding diaryl/α,β-unsaturated/α-hetero) is 1. The maximum Gasteiger partial charge on any atom is 0.416 e. The maximum absolute atomic E-state index is 13.4. The lowest BCUT2D eigenvalue weighted by molar-refractivity contribution is -0.122. The van der Waals surface area contributed by atoms with Crippen molar-refractivity contribution in [3.8, 4) is 11.5 Å². The third kappa shape index (κ3) is 5.51. The summed E-state index contributed by atoms with van der Waals surface area (Å²) in [4.78, 5) is 40.8. The fraction of sp³-hybridized carbons (Fsp3) is 0.542. The van der Waals surface area contributed by atoms with Crippen LogP contribution in [0.4, 0.5) is 10.5 Å². The number of ether oxygens (including phenoxy) is 4. The first kappa shape index (κ1) is 25.5. The zero-order valence-electron chi connectivity index (χ0n) is 19.7. The van der Waals surface area contributed by atoms with E-state index in [1.807, 2.05) is 0 Å². The smallest absolute Gasteiger partial charge is 0.416 e. The summed E-state index contributed by atoms with van der Waals surface area (Å²) in [7, 11) is 2.91. The van der Waals surface area contributed by atoms with E-state index >= 15 is 0 Å². The largest absolute Gasteiger partial charge is 0.493 e. The minimum absolute atomic E-state index is 0.0403. The van der Waals surface area contributed by atoms with E-state index in [9.17, 15) is 19.5 Å². The standard InChI is InChI=1S/C24H32N2O8/c1-4-11-34-24(30)26-19-14-21(33-12-7-8-16(27)15-31-2)20(32-3)13-17(19)22(28)25-10-6-5-9-18(25)23(26)29/h4,13-14,18,23,29H,1,5-12,15H2,2-3H3/t18-,23?/m0/s1. The van der Waals surface area contributed by atoms with Crippen LogP contribution in [0.25, 0.3) is 0 Å². The molecule has 2 aliphatic rings. The van der Waals surface area contributed by atoms with Crippen LogP contribution in [0.15, 0.2) is 24.8 Å². The number of carbonyl (C=O) groups excluding carboxylic acids is 3. The molecular formula is C24H32N2O8. The molecule has 1 unspecified atom stereocenters. The molecule has 1 aromatic carbocycles. The number of hydrogen-bond donors (Lipinski definition) is 1. The van der Waals surface area contributed by atoms with Crippen molar-refractivity contribution >= 4 is 23.5 Å². The molecule has 1 N–H and O–H groups in total. The second-order valence-electron chi connectivity index (χ2n) is 8.15. The number of aliphatic hydroxyl groups is 1. The molecule has 0 bridgehead atoms. The van der Waals surface area contributed by atoms with E-state index in [-0.39, 0.29) is 54.9 Å². The third-order valence-electron chi connectivity index (χ3n) is 5.87. The van der Waals surface area contributed by atoms with Crippen LogP contribution in [0.2, 0.25) is 0 Å². The quantitative estimate of drug-likeness (QED) is 0.405. The first-order valence-electron chi connectivity index (χ1n) is 11.3. The monoisotopic (exact) mass is 476 g/mol. The molecule has 1 fully saturated rings. The van der Waals surface area contributed by atoms with E-state index in [2.05, 4.69) is 6.58 Å². The average molecular weight is 477 g/mol. The van der Waals surface area contributed by atoms with Gasteiger partial charge in [-0.3, -0.25) is 9.59 Å². The Morgan fingerprint density at radius 3 is 2.74 bits per heavy atom. The highest BCUT2D eigenvalue weighted by molar-refractivity contribution is 6.05. The van der Waals surface area contributed by atoms with E-state index in [0.717, 1.165) is 17.7 Å². The number of amides is 2. The van der Waals surface area contributed by atoms with Gasteiger partial charge in [-0.2, -0.15) is 0 Å². The van der Waals surface area contributed by atoms with Crippen molar-refractivity contribution in [1.82, 2.24) is 4.90 Å². The van der Waals surface area contributed by atoms with Gasteiger partial charge in [0.2, 0.25) is 0 Å². The van der Waals surface area contributed by atoms with Gasteiger partial charge in [-0.15, -0.1) is 0 Å². The molecule has 0 aromatic heterocycles. The predicted molar refractivity (Wildman–Crippen MR) is 123 cm³/mol. The number of piperidine rings is 1. The van der Waals surface area contributed by atoms with Crippen molar-refractivity contribution in [2.75, 3.05) is 45.5 Å². The Balaban J connectivity index is 1.96. The highest BCUT2D eigenvalue weighted by atomic mass is 16.6. The Kier molecular flexibility index (Phi) is 8.89. The fourth-order valence-electron chi connectivity index (χ4n) is 4.27. The summed E-state index contributed by atoms with van der Waals surface area (Å²) in [5.74, 6) is 0.246. The van der Waals surface area contributed by atoms with E-state index in [1.54, 1.807) is 4.90 Å². The van der Waals surface area contributed by atoms with E-state index in [1.165, 1.54) is 32.4 Å². The summed E-state index contributed by atoms with van der Waals surface area (Å²) in [6, 6.07) is 2.45. The summed E-state index contributed by atoms with van der Waals surface area (Å²) in [5.41, 5.74) is 0.380. The molecule has 0 radical (unpaired) electrons. The summed E-state index contributed by atoms with van der Waals surface area (Å²) in [6.07, 6.45) is 2.27. The molecule has 10 heteroatoms. The van der Waals surface area contributed by atoms with Crippen LogP contribution in [0.5, 0.6) is 11.5 Å². The molecule has 34 heavy (non-hydrogen) atoms. The van der Waals surface area contributed by atoms with Crippen molar-refractivity contribution in [2.45, 2.75) is 44.4 Å². The van der Waals surface area contributed by atoms with Crippen molar-refractivity contribution in [1.29, 1.82) is 0 Å². The number of methoxy groups -OCH3 is 2. The molecule has 10 nitrogen and oxygen atoms in total. The minimum Gasteiger partial charge on any atom is -0.493 e.